The molecule has 0 radical (unpaired) electrons. The van der Waals surface area contributed by atoms with Crippen molar-refractivity contribution >= 4 is 37.7 Å². The fraction of sp³-hybridized carbons (Fsp3) is 0.0667. The van der Waals surface area contributed by atoms with Crippen LogP contribution in [0.4, 0.5) is 0 Å². The number of fused-ring (bicyclic) bond motifs is 1. The Kier molecular flexibility index (Phi) is 3.29. The van der Waals surface area contributed by atoms with Crippen molar-refractivity contribution in [2.75, 3.05) is 6.26 Å². The Bertz CT molecular complexity index is 762. The Hall–Kier alpha value is -1.39. The first-order chi connectivity index (χ1) is 9.16. The molecule has 0 spiro atoms. The third kappa shape index (κ3) is 2.26. The zero-order chi connectivity index (χ0) is 13.4. The summed E-state index contributed by atoms with van der Waals surface area (Å²) in [5.74, 6) is 0.689. The summed E-state index contributed by atoms with van der Waals surface area (Å²) >= 11 is 3.44. The van der Waals surface area contributed by atoms with Crippen molar-refractivity contribution in [3.63, 3.8) is 0 Å². The molecule has 96 valence electrons. The Morgan fingerprint density at radius 2 is 1.84 bits per heavy atom. The number of rotatable bonds is 2. The lowest BCUT2D eigenvalue weighted by atomic mass is 10.1. The van der Waals surface area contributed by atoms with Crippen molar-refractivity contribution in [3.8, 4) is 11.3 Å². The van der Waals surface area contributed by atoms with E-state index < -0.39 is 10.8 Å². The molecule has 0 amide bonds. The van der Waals surface area contributed by atoms with E-state index in [1.807, 2.05) is 48.5 Å². The smallest absolute Gasteiger partial charge is 0.151 e. The predicted octanol–water partition coefficient (Wildman–Crippen LogP) is 4.60. The van der Waals surface area contributed by atoms with E-state index in [0.717, 1.165) is 25.9 Å². The molecule has 3 rings (SSSR count). The second-order valence-corrected chi connectivity index (χ2v) is 6.45. The van der Waals surface area contributed by atoms with Crippen LogP contribution < -0.4 is 0 Å². The van der Waals surface area contributed by atoms with Gasteiger partial charge in [-0.05, 0) is 18.2 Å². The van der Waals surface area contributed by atoms with E-state index in [0.29, 0.717) is 5.76 Å². The molecule has 2 nitrogen and oxygen atoms in total. The van der Waals surface area contributed by atoms with Crippen molar-refractivity contribution in [2.45, 2.75) is 4.90 Å². The van der Waals surface area contributed by atoms with Crippen LogP contribution in [0.2, 0.25) is 0 Å². The molecule has 0 saturated carbocycles. The molecule has 0 aliphatic rings. The Balaban J connectivity index is 2.36. The highest BCUT2D eigenvalue weighted by molar-refractivity contribution is 9.10. The van der Waals surface area contributed by atoms with Crippen molar-refractivity contribution < 1.29 is 8.63 Å². The third-order valence-electron chi connectivity index (χ3n) is 2.93. The zero-order valence-corrected chi connectivity index (χ0v) is 12.6. The number of hydrogen-bond donors (Lipinski definition) is 0. The van der Waals surface area contributed by atoms with Gasteiger partial charge in [0.25, 0.3) is 0 Å². The molecule has 0 N–H and O–H groups in total. The molecule has 3 aromatic rings. The van der Waals surface area contributed by atoms with Crippen molar-refractivity contribution in [2.24, 2.45) is 0 Å². The number of halogens is 1. The second-order valence-electron chi connectivity index (χ2n) is 4.22. The Morgan fingerprint density at radius 3 is 2.53 bits per heavy atom. The lowest BCUT2D eigenvalue weighted by Gasteiger charge is -1.99. The molecule has 2 aromatic carbocycles. The van der Waals surface area contributed by atoms with Crippen LogP contribution >= 0.6 is 15.9 Å². The van der Waals surface area contributed by atoms with Gasteiger partial charge in [0.2, 0.25) is 0 Å². The Morgan fingerprint density at radius 1 is 1.11 bits per heavy atom. The number of furan rings is 1. The summed E-state index contributed by atoms with van der Waals surface area (Å²) in [6.45, 7) is 0. The van der Waals surface area contributed by atoms with Crippen LogP contribution in [-0.2, 0) is 10.8 Å². The average molecular weight is 335 g/mol. The molecular formula is C15H11BrO2S. The van der Waals surface area contributed by atoms with Crippen LogP contribution in [-0.4, -0.2) is 10.5 Å². The SMILES string of the molecule is C[S@@](=O)c1c(-c2ccccc2)oc2ccc(Br)cc12. The van der Waals surface area contributed by atoms with E-state index in [1.54, 1.807) is 6.26 Å². The summed E-state index contributed by atoms with van der Waals surface area (Å²) < 4.78 is 18.9. The summed E-state index contributed by atoms with van der Waals surface area (Å²) in [5.41, 5.74) is 1.70. The Labute approximate surface area is 122 Å². The standard InChI is InChI=1S/C15H11BrO2S/c1-19(17)15-12-9-11(16)7-8-13(12)18-14(15)10-5-3-2-4-6-10/h2-9H,1H3/t19-/m1/s1. The van der Waals surface area contributed by atoms with Gasteiger partial charge >= 0.3 is 0 Å². The molecule has 19 heavy (non-hydrogen) atoms. The van der Waals surface area contributed by atoms with Crippen LogP contribution in [0.15, 0.2) is 62.3 Å². The van der Waals surface area contributed by atoms with Gasteiger partial charge < -0.3 is 4.42 Å². The monoisotopic (exact) mass is 334 g/mol. The van der Waals surface area contributed by atoms with Crippen LogP contribution in [0, 0.1) is 0 Å². The first-order valence-corrected chi connectivity index (χ1v) is 8.13. The molecule has 0 aliphatic heterocycles. The van der Waals surface area contributed by atoms with Crippen molar-refractivity contribution in [3.05, 3.63) is 53.0 Å². The lowest BCUT2D eigenvalue weighted by molar-refractivity contribution is 0.622. The summed E-state index contributed by atoms with van der Waals surface area (Å²) in [4.78, 5) is 0.752. The van der Waals surface area contributed by atoms with Gasteiger partial charge in [-0.25, -0.2) is 0 Å². The van der Waals surface area contributed by atoms with E-state index in [2.05, 4.69) is 15.9 Å². The predicted molar refractivity (Wildman–Crippen MR) is 81.7 cm³/mol. The van der Waals surface area contributed by atoms with Gasteiger partial charge in [0.1, 0.15) is 5.58 Å². The highest BCUT2D eigenvalue weighted by Gasteiger charge is 2.18. The molecule has 1 atom stereocenters. The van der Waals surface area contributed by atoms with Crippen LogP contribution in [0.3, 0.4) is 0 Å². The van der Waals surface area contributed by atoms with E-state index in [9.17, 15) is 4.21 Å². The van der Waals surface area contributed by atoms with Gasteiger partial charge in [0.05, 0.1) is 15.7 Å². The summed E-state index contributed by atoms with van der Waals surface area (Å²) in [5, 5.41) is 0.897. The zero-order valence-electron chi connectivity index (χ0n) is 10.2. The minimum atomic E-state index is -1.11. The van der Waals surface area contributed by atoms with E-state index in [-0.39, 0.29) is 0 Å². The molecule has 0 saturated heterocycles. The molecule has 1 heterocycles. The van der Waals surface area contributed by atoms with Crippen molar-refractivity contribution in [1.82, 2.24) is 0 Å². The lowest BCUT2D eigenvalue weighted by Crippen LogP contribution is -1.88. The maximum atomic E-state index is 12.1. The molecule has 0 fully saturated rings. The topological polar surface area (TPSA) is 30.2 Å². The van der Waals surface area contributed by atoms with Gasteiger partial charge in [-0.2, -0.15) is 0 Å². The minimum absolute atomic E-state index is 0.689. The van der Waals surface area contributed by atoms with Gasteiger partial charge in [0, 0.05) is 21.7 Å². The second kappa shape index (κ2) is 4.94. The number of hydrogen-bond acceptors (Lipinski definition) is 2. The fourth-order valence-corrected chi connectivity index (χ4v) is 3.36. The summed E-state index contributed by atoms with van der Waals surface area (Å²) in [6, 6.07) is 15.5. The maximum Gasteiger partial charge on any atom is 0.151 e. The van der Waals surface area contributed by atoms with Crippen molar-refractivity contribution in [1.29, 1.82) is 0 Å². The highest BCUT2D eigenvalue weighted by Crippen LogP contribution is 2.36. The molecule has 0 unspecified atom stereocenters. The van der Waals surface area contributed by atoms with E-state index in [4.69, 9.17) is 4.42 Å². The largest absolute Gasteiger partial charge is 0.455 e. The fourth-order valence-electron chi connectivity index (χ4n) is 2.11. The van der Waals surface area contributed by atoms with Crippen LogP contribution in [0.5, 0.6) is 0 Å². The quantitative estimate of drug-likeness (QED) is 0.685. The number of benzene rings is 2. The van der Waals surface area contributed by atoms with Crippen LogP contribution in [0.1, 0.15) is 0 Å². The van der Waals surface area contributed by atoms with Gasteiger partial charge in [-0.15, -0.1) is 0 Å². The molecular weight excluding hydrogens is 324 g/mol. The van der Waals surface area contributed by atoms with Gasteiger partial charge in [-0.1, -0.05) is 46.3 Å². The van der Waals surface area contributed by atoms with Gasteiger partial charge in [0.15, 0.2) is 5.76 Å². The van der Waals surface area contributed by atoms with Gasteiger partial charge in [-0.3, -0.25) is 4.21 Å². The molecule has 0 aliphatic carbocycles. The summed E-state index contributed by atoms with van der Waals surface area (Å²) in [6.07, 6.45) is 1.68. The highest BCUT2D eigenvalue weighted by atomic mass is 79.9. The minimum Gasteiger partial charge on any atom is -0.455 e. The van der Waals surface area contributed by atoms with E-state index in [1.165, 1.54) is 0 Å². The maximum absolute atomic E-state index is 12.1. The van der Waals surface area contributed by atoms with Crippen LogP contribution in [0.25, 0.3) is 22.3 Å². The molecule has 0 bridgehead atoms. The third-order valence-corrected chi connectivity index (χ3v) is 4.40. The first kappa shape index (κ1) is 12.6. The molecule has 1 aromatic heterocycles. The normalized spacial score (nSPS) is 12.7. The average Bonchev–Trinajstić information content (AvgIpc) is 2.78. The molecule has 4 heteroatoms. The van der Waals surface area contributed by atoms with E-state index >= 15 is 0 Å². The summed E-state index contributed by atoms with van der Waals surface area (Å²) in [7, 11) is -1.11. The first-order valence-electron chi connectivity index (χ1n) is 5.77.